The van der Waals surface area contributed by atoms with E-state index in [0.717, 1.165) is 25.0 Å². The zero-order valence-corrected chi connectivity index (χ0v) is 22.5. The van der Waals surface area contributed by atoms with Gasteiger partial charge < -0.3 is 19.3 Å². The fourth-order valence-corrected chi connectivity index (χ4v) is 12.1. The lowest BCUT2D eigenvalue weighted by Gasteiger charge is -2.66. The van der Waals surface area contributed by atoms with Crippen LogP contribution in [0.5, 0.6) is 0 Å². The molecule has 1 aromatic carbocycles. The Balaban J connectivity index is 1.27. The van der Waals surface area contributed by atoms with E-state index >= 15 is 0 Å². The van der Waals surface area contributed by atoms with Crippen molar-refractivity contribution in [2.45, 2.75) is 76.5 Å². The van der Waals surface area contributed by atoms with Gasteiger partial charge in [0.1, 0.15) is 18.3 Å². The standard InChI is InChI=1S/C31H35NO7/c1-14-10-30-11-18-24-29(4)13-32(18)26-21(30)23(37-15(2)33)20(14)22(35)25(30)31(24,26)12-19(27(29)38-16(3)34)39-28(36)17-8-6-5-7-9-17/h5-9,18-27,35H,1,10-13H2,2-4H3. The number of carbonyl (C=O) groups is 3. The fraction of sp³-hybridized carbons (Fsp3) is 0.645. The molecule has 0 radical (unpaired) electrons. The Morgan fingerprint density at radius 3 is 2.44 bits per heavy atom. The number of hydrogen-bond donors (Lipinski definition) is 1. The molecule has 3 saturated heterocycles. The lowest BCUT2D eigenvalue weighted by molar-refractivity contribution is -0.239. The molecule has 206 valence electrons. The van der Waals surface area contributed by atoms with Crippen LogP contribution in [0, 0.1) is 39.9 Å². The van der Waals surface area contributed by atoms with Crippen LogP contribution in [0.3, 0.4) is 0 Å². The molecule has 1 aromatic rings. The highest BCUT2D eigenvalue weighted by atomic mass is 16.6. The summed E-state index contributed by atoms with van der Waals surface area (Å²) in [5.74, 6) is -1.14. The average Bonchev–Trinajstić information content (AvgIpc) is 3.31. The summed E-state index contributed by atoms with van der Waals surface area (Å²) in [6.07, 6.45) is -0.0105. The number of benzene rings is 1. The second kappa shape index (κ2) is 7.32. The zero-order chi connectivity index (χ0) is 27.2. The molecule has 0 amide bonds. The Bertz CT molecular complexity index is 1330. The van der Waals surface area contributed by atoms with Crippen molar-refractivity contribution in [2.75, 3.05) is 6.54 Å². The molecular formula is C31H35NO7. The summed E-state index contributed by atoms with van der Waals surface area (Å²) in [7, 11) is 0. The molecule has 14 atom stereocenters. The van der Waals surface area contributed by atoms with Gasteiger partial charge in [0.25, 0.3) is 0 Å². The molecule has 3 aliphatic heterocycles. The Morgan fingerprint density at radius 1 is 1.03 bits per heavy atom. The predicted octanol–water partition coefficient (Wildman–Crippen LogP) is 2.74. The maximum atomic E-state index is 13.4. The number of esters is 3. The fourth-order valence-electron chi connectivity index (χ4n) is 12.1. The number of nitrogens with zero attached hydrogens (tertiary/aromatic N) is 1. The summed E-state index contributed by atoms with van der Waals surface area (Å²) < 4.78 is 18.3. The van der Waals surface area contributed by atoms with Crippen molar-refractivity contribution in [3.05, 3.63) is 48.0 Å². The number of aliphatic hydroxyl groups excluding tert-OH is 1. The number of carbonyl (C=O) groups excluding carboxylic acids is 3. The van der Waals surface area contributed by atoms with E-state index in [-0.39, 0.29) is 52.5 Å². The van der Waals surface area contributed by atoms with Crippen molar-refractivity contribution in [2.24, 2.45) is 39.9 Å². The molecule has 8 nitrogen and oxygen atoms in total. The van der Waals surface area contributed by atoms with Crippen LogP contribution < -0.4 is 0 Å². The van der Waals surface area contributed by atoms with Crippen molar-refractivity contribution in [1.29, 1.82) is 0 Å². The van der Waals surface area contributed by atoms with Gasteiger partial charge >= 0.3 is 17.9 Å². The zero-order valence-electron chi connectivity index (χ0n) is 22.5. The Kier molecular flexibility index (Phi) is 4.53. The first-order valence-electron chi connectivity index (χ1n) is 14.3. The van der Waals surface area contributed by atoms with Crippen LogP contribution in [0.25, 0.3) is 0 Å². The summed E-state index contributed by atoms with van der Waals surface area (Å²) in [5.41, 5.74) is 0.496. The third-order valence-electron chi connectivity index (χ3n) is 12.2. The number of fused-ring (bicyclic) bond motifs is 1. The third kappa shape index (κ3) is 2.57. The van der Waals surface area contributed by atoms with Gasteiger partial charge in [0.05, 0.1) is 11.7 Å². The molecule has 8 heteroatoms. The second-order valence-corrected chi connectivity index (χ2v) is 13.7. The molecule has 14 unspecified atom stereocenters. The summed E-state index contributed by atoms with van der Waals surface area (Å²) in [5, 5.41) is 12.1. The number of aliphatic hydroxyl groups is 1. The number of rotatable bonds is 4. The first-order chi connectivity index (χ1) is 18.5. The Labute approximate surface area is 227 Å². The van der Waals surface area contributed by atoms with E-state index in [9.17, 15) is 19.5 Å². The molecule has 2 spiro atoms. The molecule has 9 aliphatic rings. The lowest BCUT2D eigenvalue weighted by atomic mass is 9.39. The van der Waals surface area contributed by atoms with E-state index in [1.54, 1.807) is 24.3 Å². The molecule has 3 heterocycles. The van der Waals surface area contributed by atoms with E-state index in [4.69, 9.17) is 14.2 Å². The van der Waals surface area contributed by atoms with Crippen LogP contribution in [0.1, 0.15) is 50.4 Å². The van der Waals surface area contributed by atoms with Gasteiger partial charge in [0.2, 0.25) is 0 Å². The number of piperidine rings is 2. The Hall–Kier alpha value is -2.71. The monoisotopic (exact) mass is 533 g/mol. The highest BCUT2D eigenvalue weighted by Crippen LogP contribution is 2.87. The average molecular weight is 534 g/mol. The quantitative estimate of drug-likeness (QED) is 0.358. The van der Waals surface area contributed by atoms with Gasteiger partial charge in [-0.15, -0.1) is 0 Å². The summed E-state index contributed by atoms with van der Waals surface area (Å²) in [4.78, 5) is 40.7. The smallest absolute Gasteiger partial charge is 0.338 e. The molecule has 6 aliphatic carbocycles. The number of ether oxygens (including phenoxy) is 3. The molecule has 9 fully saturated rings. The molecule has 9 bridgehead atoms. The molecule has 6 saturated carbocycles. The topological polar surface area (TPSA) is 102 Å². The van der Waals surface area contributed by atoms with Crippen molar-refractivity contribution >= 4 is 17.9 Å². The van der Waals surface area contributed by atoms with Crippen LogP contribution in [0.2, 0.25) is 0 Å². The molecule has 39 heavy (non-hydrogen) atoms. The minimum absolute atomic E-state index is 0.00983. The van der Waals surface area contributed by atoms with Gasteiger partial charge in [-0.2, -0.15) is 0 Å². The summed E-state index contributed by atoms with van der Waals surface area (Å²) in [6, 6.07) is 9.33. The largest absolute Gasteiger partial charge is 0.461 e. The van der Waals surface area contributed by atoms with Gasteiger partial charge in [0, 0.05) is 55.1 Å². The summed E-state index contributed by atoms with van der Waals surface area (Å²) in [6.45, 7) is 10.1. The normalized spacial score (nSPS) is 52.6. The molecular weight excluding hydrogens is 498 g/mol. The van der Waals surface area contributed by atoms with Gasteiger partial charge in [-0.1, -0.05) is 37.3 Å². The van der Waals surface area contributed by atoms with E-state index in [1.165, 1.54) is 13.8 Å². The third-order valence-corrected chi connectivity index (χ3v) is 12.2. The first kappa shape index (κ1) is 24.1. The number of hydrogen-bond acceptors (Lipinski definition) is 8. The van der Waals surface area contributed by atoms with Gasteiger partial charge in [0.15, 0.2) is 0 Å². The van der Waals surface area contributed by atoms with Gasteiger partial charge in [-0.25, -0.2) is 4.79 Å². The van der Waals surface area contributed by atoms with E-state index in [2.05, 4.69) is 18.4 Å². The van der Waals surface area contributed by atoms with E-state index in [1.807, 2.05) is 6.07 Å². The van der Waals surface area contributed by atoms with Crippen LogP contribution in [0.4, 0.5) is 0 Å². The van der Waals surface area contributed by atoms with E-state index in [0.29, 0.717) is 18.0 Å². The lowest BCUT2D eigenvalue weighted by Crippen LogP contribution is -2.70. The van der Waals surface area contributed by atoms with Crippen LogP contribution in [-0.2, 0) is 23.8 Å². The highest BCUT2D eigenvalue weighted by molar-refractivity contribution is 5.89. The first-order valence-corrected chi connectivity index (χ1v) is 14.3. The van der Waals surface area contributed by atoms with Crippen LogP contribution >= 0.6 is 0 Å². The van der Waals surface area contributed by atoms with Crippen molar-refractivity contribution in [3.63, 3.8) is 0 Å². The summed E-state index contributed by atoms with van der Waals surface area (Å²) >= 11 is 0. The van der Waals surface area contributed by atoms with Crippen molar-refractivity contribution in [1.82, 2.24) is 4.90 Å². The van der Waals surface area contributed by atoms with Gasteiger partial charge in [-0.3, -0.25) is 14.5 Å². The molecule has 0 aromatic heterocycles. The minimum atomic E-state index is -0.682. The maximum absolute atomic E-state index is 13.4. The SMILES string of the molecule is C=C1CC23CC4C5C6(C)CN4C4C2C(OC(C)=O)C1C(O)C3C45CC(OC(=O)c1ccccc1)C6OC(C)=O. The van der Waals surface area contributed by atoms with E-state index < -0.39 is 35.8 Å². The van der Waals surface area contributed by atoms with Crippen LogP contribution in [-0.4, -0.2) is 71.0 Å². The van der Waals surface area contributed by atoms with Crippen LogP contribution in [0.15, 0.2) is 42.5 Å². The van der Waals surface area contributed by atoms with Gasteiger partial charge in [-0.05, 0) is 48.6 Å². The second-order valence-electron chi connectivity index (χ2n) is 13.7. The molecule has 1 N–H and O–H groups in total. The molecule has 10 rings (SSSR count). The van der Waals surface area contributed by atoms with Crippen molar-refractivity contribution < 1.29 is 33.7 Å². The maximum Gasteiger partial charge on any atom is 0.338 e. The van der Waals surface area contributed by atoms with Crippen molar-refractivity contribution in [3.8, 4) is 0 Å². The Morgan fingerprint density at radius 2 is 1.74 bits per heavy atom. The minimum Gasteiger partial charge on any atom is -0.461 e. The predicted molar refractivity (Wildman–Crippen MR) is 137 cm³/mol. The highest BCUT2D eigenvalue weighted by Gasteiger charge is 2.92.